The molecule has 3 atom stereocenters. The third-order valence-electron chi connectivity index (χ3n) is 6.27. The molecule has 3 fully saturated rings. The fourth-order valence-corrected chi connectivity index (χ4v) is 5.16. The van der Waals surface area contributed by atoms with E-state index in [0.29, 0.717) is 6.54 Å². The highest BCUT2D eigenvalue weighted by Gasteiger charge is 2.62. The number of carbonyl (C=O) groups is 2. The van der Waals surface area contributed by atoms with E-state index in [9.17, 15) is 29.8 Å². The van der Waals surface area contributed by atoms with Gasteiger partial charge in [-0.15, -0.1) is 0 Å². The second kappa shape index (κ2) is 6.98. The summed E-state index contributed by atoms with van der Waals surface area (Å²) < 4.78 is 5.45. The number of nitrogens with zero attached hydrogens (tertiary/aromatic N) is 3. The molecule has 2 heterocycles. The van der Waals surface area contributed by atoms with E-state index < -0.39 is 33.4 Å². The molecule has 1 saturated carbocycles. The molecule has 0 bridgehead atoms. The molecule has 1 aromatic carbocycles. The van der Waals surface area contributed by atoms with Crippen LogP contribution in [0.5, 0.6) is 0 Å². The van der Waals surface area contributed by atoms with Crippen LogP contribution in [0, 0.1) is 26.1 Å². The van der Waals surface area contributed by atoms with Crippen molar-refractivity contribution in [3.05, 3.63) is 38.4 Å². The maximum Gasteiger partial charge on any atom is 0.412 e. The third kappa shape index (κ3) is 3.15. The van der Waals surface area contributed by atoms with Crippen LogP contribution in [0.4, 0.5) is 21.9 Å². The van der Waals surface area contributed by atoms with Crippen molar-refractivity contribution in [2.45, 2.75) is 50.2 Å². The topological polar surface area (TPSA) is 145 Å². The van der Waals surface area contributed by atoms with E-state index in [1.807, 2.05) is 4.90 Å². The average molecular weight is 404 g/mol. The summed E-state index contributed by atoms with van der Waals surface area (Å²) in [6, 6.07) is 2.81. The van der Waals surface area contributed by atoms with Crippen LogP contribution in [0.15, 0.2) is 18.2 Å². The van der Waals surface area contributed by atoms with Gasteiger partial charge in [-0.1, -0.05) is 12.8 Å². The lowest BCUT2D eigenvalue weighted by Crippen LogP contribution is -2.46. The molecule has 2 saturated heterocycles. The summed E-state index contributed by atoms with van der Waals surface area (Å²) in [5, 5.41) is 24.3. The molecule has 1 N–H and O–H groups in total. The van der Waals surface area contributed by atoms with Gasteiger partial charge in [-0.05, 0) is 25.7 Å². The number of carbonyl (C=O) groups excluding carboxylic acids is 2. The van der Waals surface area contributed by atoms with Crippen molar-refractivity contribution in [3.63, 3.8) is 0 Å². The number of anilines is 1. The van der Waals surface area contributed by atoms with E-state index in [2.05, 4.69) is 5.32 Å². The smallest absolute Gasteiger partial charge is 0.412 e. The van der Waals surface area contributed by atoms with Crippen LogP contribution < -0.4 is 5.32 Å². The lowest BCUT2D eigenvalue weighted by molar-refractivity contribution is -0.394. The Balaban J connectivity index is 1.52. The van der Waals surface area contributed by atoms with Gasteiger partial charge in [-0.25, -0.2) is 4.79 Å². The summed E-state index contributed by atoms with van der Waals surface area (Å²) in [7, 11) is 0. The standard InChI is InChI=1S/C18H20N4O7/c23-16-15(14-4-1-2-5-18(14)6-3-7-20(16)18)29-17(24)19-11-8-12(21(25)26)10-13(9-11)22(27)28/h8-10,14-15H,1-7H2,(H,19,24)/t14-,15+,18+/m1/s1. The Bertz CT molecular complexity index is 872. The van der Waals surface area contributed by atoms with E-state index in [0.717, 1.165) is 56.7 Å². The molecule has 11 nitrogen and oxygen atoms in total. The lowest BCUT2D eigenvalue weighted by atomic mass is 9.71. The van der Waals surface area contributed by atoms with Crippen LogP contribution in [-0.4, -0.2) is 44.9 Å². The zero-order valence-corrected chi connectivity index (χ0v) is 15.5. The number of non-ortho nitro benzene ring substituents is 2. The van der Waals surface area contributed by atoms with Gasteiger partial charge in [0.2, 0.25) is 0 Å². The molecule has 0 radical (unpaired) electrons. The minimum absolute atomic E-state index is 0.0727. The van der Waals surface area contributed by atoms with Crippen molar-refractivity contribution >= 4 is 29.1 Å². The van der Waals surface area contributed by atoms with Gasteiger partial charge >= 0.3 is 6.09 Å². The summed E-state index contributed by atoms with van der Waals surface area (Å²) in [5.41, 5.74) is -1.43. The molecule has 11 heteroatoms. The molecular weight excluding hydrogens is 384 g/mol. The van der Waals surface area contributed by atoms with Gasteiger partial charge in [0.25, 0.3) is 17.3 Å². The molecule has 2 amide bonds. The molecule has 1 aromatic rings. The molecular formula is C18H20N4O7. The number of benzene rings is 1. The summed E-state index contributed by atoms with van der Waals surface area (Å²) in [5.74, 6) is -0.272. The van der Waals surface area contributed by atoms with Gasteiger partial charge in [0, 0.05) is 30.1 Å². The number of hydrogen-bond donors (Lipinski definition) is 1. The monoisotopic (exact) mass is 404 g/mol. The number of rotatable bonds is 4. The van der Waals surface area contributed by atoms with Crippen molar-refractivity contribution in [3.8, 4) is 0 Å². The largest absolute Gasteiger partial charge is 0.435 e. The van der Waals surface area contributed by atoms with Crippen molar-refractivity contribution < 1.29 is 24.2 Å². The fraction of sp³-hybridized carbons (Fsp3) is 0.556. The van der Waals surface area contributed by atoms with E-state index in [1.165, 1.54) is 0 Å². The Morgan fingerprint density at radius 3 is 2.41 bits per heavy atom. The first-order valence-electron chi connectivity index (χ1n) is 9.55. The quantitative estimate of drug-likeness (QED) is 0.599. The number of amides is 2. The predicted molar refractivity (Wildman–Crippen MR) is 99.3 cm³/mol. The van der Waals surface area contributed by atoms with Gasteiger partial charge in [-0.3, -0.25) is 30.3 Å². The minimum Gasteiger partial charge on any atom is -0.435 e. The SMILES string of the molecule is O=C(Nc1cc([N+](=O)[O-])cc([N+](=O)[O-])c1)O[C@@H]1C(=O)N2CCC[C@]23CCCC[C@H]13. The summed E-state index contributed by atoms with van der Waals surface area (Å²) >= 11 is 0. The summed E-state index contributed by atoms with van der Waals surface area (Å²) in [6.45, 7) is 0.661. The van der Waals surface area contributed by atoms with Gasteiger partial charge in [0.1, 0.15) is 0 Å². The van der Waals surface area contributed by atoms with Crippen LogP contribution in [0.3, 0.4) is 0 Å². The number of nitro groups is 2. The molecule has 2 aliphatic heterocycles. The maximum atomic E-state index is 12.9. The molecule has 0 aromatic heterocycles. The number of nitrogens with one attached hydrogen (secondary N) is 1. The fourth-order valence-electron chi connectivity index (χ4n) is 5.16. The zero-order valence-electron chi connectivity index (χ0n) is 15.5. The summed E-state index contributed by atoms with van der Waals surface area (Å²) in [4.78, 5) is 47.6. The maximum absolute atomic E-state index is 12.9. The Morgan fingerprint density at radius 1 is 1.10 bits per heavy atom. The van der Waals surface area contributed by atoms with Crippen LogP contribution in [0.25, 0.3) is 0 Å². The lowest BCUT2D eigenvalue weighted by Gasteiger charge is -2.40. The molecule has 1 aliphatic carbocycles. The highest BCUT2D eigenvalue weighted by Crippen LogP contribution is 2.52. The Labute approximate surface area is 165 Å². The first-order valence-corrected chi connectivity index (χ1v) is 9.55. The van der Waals surface area contributed by atoms with Crippen LogP contribution in [-0.2, 0) is 9.53 Å². The minimum atomic E-state index is -0.958. The number of nitro benzene ring substituents is 2. The average Bonchev–Trinajstić information content (AvgIpc) is 3.18. The first kappa shape index (κ1) is 19.1. The van der Waals surface area contributed by atoms with Gasteiger partial charge in [0.05, 0.1) is 21.6 Å². The molecule has 0 unspecified atom stereocenters. The van der Waals surface area contributed by atoms with E-state index >= 15 is 0 Å². The van der Waals surface area contributed by atoms with Crippen molar-refractivity contribution in [1.82, 2.24) is 4.90 Å². The molecule has 1 spiro atoms. The third-order valence-corrected chi connectivity index (χ3v) is 6.27. The normalized spacial score (nSPS) is 27.9. The zero-order chi connectivity index (χ0) is 20.8. The number of ether oxygens (including phenoxy) is 1. The predicted octanol–water partition coefficient (Wildman–Crippen LogP) is 2.99. The van der Waals surface area contributed by atoms with E-state index in [1.54, 1.807) is 0 Å². The van der Waals surface area contributed by atoms with Crippen molar-refractivity contribution in [2.75, 3.05) is 11.9 Å². The van der Waals surface area contributed by atoms with Crippen molar-refractivity contribution in [2.24, 2.45) is 5.92 Å². The number of hydrogen-bond acceptors (Lipinski definition) is 7. The second-order valence-electron chi connectivity index (χ2n) is 7.75. The van der Waals surface area contributed by atoms with Gasteiger partial charge in [0.15, 0.2) is 6.10 Å². The Morgan fingerprint density at radius 2 is 1.76 bits per heavy atom. The van der Waals surface area contributed by atoms with E-state index in [-0.39, 0.29) is 23.1 Å². The van der Waals surface area contributed by atoms with Crippen LogP contribution >= 0.6 is 0 Å². The molecule has 3 aliphatic rings. The van der Waals surface area contributed by atoms with Gasteiger partial charge in [-0.2, -0.15) is 0 Å². The highest BCUT2D eigenvalue weighted by atomic mass is 16.6. The summed E-state index contributed by atoms with van der Waals surface area (Å²) in [6.07, 6.45) is 3.69. The van der Waals surface area contributed by atoms with Crippen LogP contribution in [0.1, 0.15) is 38.5 Å². The second-order valence-corrected chi connectivity index (χ2v) is 7.75. The highest BCUT2D eigenvalue weighted by molar-refractivity contribution is 5.91. The Kier molecular flexibility index (Phi) is 4.59. The molecule has 154 valence electrons. The first-order chi connectivity index (χ1) is 13.8. The molecule has 4 rings (SSSR count). The van der Waals surface area contributed by atoms with E-state index in [4.69, 9.17) is 4.74 Å². The Hall–Kier alpha value is -3.24. The van der Waals surface area contributed by atoms with Crippen LogP contribution in [0.2, 0.25) is 0 Å². The van der Waals surface area contributed by atoms with Gasteiger partial charge < -0.3 is 9.64 Å². The van der Waals surface area contributed by atoms with Crippen molar-refractivity contribution in [1.29, 1.82) is 0 Å². The molecule has 29 heavy (non-hydrogen) atoms.